The topological polar surface area (TPSA) is 63.6 Å². The van der Waals surface area contributed by atoms with Crippen molar-refractivity contribution in [1.82, 2.24) is 9.61 Å². The van der Waals surface area contributed by atoms with Crippen molar-refractivity contribution in [3.63, 3.8) is 0 Å². The van der Waals surface area contributed by atoms with Crippen LogP contribution < -0.4 is 5.43 Å². The van der Waals surface area contributed by atoms with Gasteiger partial charge in [-0.3, -0.25) is 9.31 Å². The van der Waals surface area contributed by atoms with Crippen LogP contribution in [0.15, 0.2) is 23.3 Å². The van der Waals surface area contributed by atoms with Crippen molar-refractivity contribution in [3.05, 3.63) is 40.1 Å². The summed E-state index contributed by atoms with van der Waals surface area (Å²) in [6.07, 6.45) is 2.32. The van der Waals surface area contributed by atoms with E-state index in [0.717, 1.165) is 12.3 Å². The molecule has 0 unspecified atom stereocenters. The van der Waals surface area contributed by atoms with Gasteiger partial charge in [0, 0.05) is 12.3 Å². The van der Waals surface area contributed by atoms with E-state index in [2.05, 4.69) is 5.10 Å². The molecule has 0 aliphatic carbocycles. The molecule has 2 aromatic heterocycles. The Morgan fingerprint density at radius 2 is 2.38 bits per heavy atom. The summed E-state index contributed by atoms with van der Waals surface area (Å²) in [5.41, 5.74) is -0.614. The molecule has 0 saturated carbocycles. The number of halogens is 1. The number of fused-ring (bicyclic) bond motifs is 1. The van der Waals surface area contributed by atoms with Crippen molar-refractivity contribution in [2.45, 2.75) is 6.92 Å². The normalized spacial score (nSPS) is 10.6. The van der Waals surface area contributed by atoms with Crippen LogP contribution in [0.3, 0.4) is 0 Å². The molecule has 0 saturated heterocycles. The van der Waals surface area contributed by atoms with Crippen LogP contribution in [0.25, 0.3) is 5.52 Å². The minimum absolute atomic E-state index is 0.0723. The summed E-state index contributed by atoms with van der Waals surface area (Å²) < 4.78 is 18.8. The first-order chi connectivity index (χ1) is 7.63. The van der Waals surface area contributed by atoms with Crippen molar-refractivity contribution >= 4 is 11.5 Å². The van der Waals surface area contributed by atoms with Gasteiger partial charge in [-0.1, -0.05) is 0 Å². The van der Waals surface area contributed by atoms with Gasteiger partial charge >= 0.3 is 5.97 Å². The third kappa shape index (κ3) is 1.58. The molecule has 5 nitrogen and oxygen atoms in total. The molecule has 0 amide bonds. The Labute approximate surface area is 89.4 Å². The fraction of sp³-hybridized carbons (Fsp3) is 0.200. The number of nitrogens with zero attached hydrogens (tertiary/aromatic N) is 1. The van der Waals surface area contributed by atoms with Crippen molar-refractivity contribution in [1.29, 1.82) is 0 Å². The highest BCUT2D eigenvalue weighted by atomic mass is 19.1. The second-order valence-electron chi connectivity index (χ2n) is 3.15. The van der Waals surface area contributed by atoms with Gasteiger partial charge in [0.15, 0.2) is 0 Å². The number of hydrogen-bond acceptors (Lipinski definition) is 3. The van der Waals surface area contributed by atoms with Crippen molar-refractivity contribution in [2.24, 2.45) is 0 Å². The molecule has 0 fully saturated rings. The van der Waals surface area contributed by atoms with E-state index in [4.69, 9.17) is 4.74 Å². The van der Waals surface area contributed by atoms with E-state index < -0.39 is 17.2 Å². The van der Waals surface area contributed by atoms with Gasteiger partial charge in [-0.25, -0.2) is 9.18 Å². The number of carbonyl (C=O) groups is 1. The zero-order valence-corrected chi connectivity index (χ0v) is 8.49. The molecular weight excluding hydrogens is 215 g/mol. The summed E-state index contributed by atoms with van der Waals surface area (Å²) in [7, 11) is 0. The minimum Gasteiger partial charge on any atom is -0.462 e. The van der Waals surface area contributed by atoms with Crippen LogP contribution >= 0.6 is 0 Å². The average Bonchev–Trinajstić information content (AvgIpc) is 2.60. The Morgan fingerprint density at radius 3 is 3.06 bits per heavy atom. The molecule has 1 N–H and O–H groups in total. The molecule has 16 heavy (non-hydrogen) atoms. The lowest BCUT2D eigenvalue weighted by Crippen LogP contribution is -2.19. The van der Waals surface area contributed by atoms with Crippen LogP contribution in [0, 0.1) is 5.82 Å². The van der Waals surface area contributed by atoms with Gasteiger partial charge in [0.1, 0.15) is 16.9 Å². The Morgan fingerprint density at radius 1 is 1.62 bits per heavy atom. The first-order valence-corrected chi connectivity index (χ1v) is 4.70. The maximum atomic E-state index is 12.9. The van der Waals surface area contributed by atoms with Crippen LogP contribution in [0.5, 0.6) is 0 Å². The molecule has 0 aliphatic rings. The Bertz CT molecular complexity index is 600. The molecule has 0 aromatic carbocycles. The molecule has 2 rings (SSSR count). The highest BCUT2D eigenvalue weighted by Crippen LogP contribution is 2.04. The predicted molar refractivity (Wildman–Crippen MR) is 53.9 cm³/mol. The van der Waals surface area contributed by atoms with E-state index in [1.807, 2.05) is 0 Å². The number of esters is 1. The average molecular weight is 224 g/mol. The van der Waals surface area contributed by atoms with E-state index in [-0.39, 0.29) is 17.7 Å². The van der Waals surface area contributed by atoms with Gasteiger partial charge in [-0.15, -0.1) is 0 Å². The van der Waals surface area contributed by atoms with Gasteiger partial charge in [-0.05, 0) is 6.92 Å². The molecule has 0 aliphatic heterocycles. The molecule has 2 heterocycles. The lowest BCUT2D eigenvalue weighted by molar-refractivity contribution is 0.0524. The van der Waals surface area contributed by atoms with E-state index in [0.29, 0.717) is 0 Å². The third-order valence-electron chi connectivity index (χ3n) is 2.11. The molecule has 0 bridgehead atoms. The fourth-order valence-corrected chi connectivity index (χ4v) is 1.41. The van der Waals surface area contributed by atoms with Crippen LogP contribution in [-0.4, -0.2) is 22.2 Å². The highest BCUT2D eigenvalue weighted by Gasteiger charge is 2.14. The van der Waals surface area contributed by atoms with Gasteiger partial charge in [0.05, 0.1) is 12.8 Å². The molecule has 84 valence electrons. The molecule has 0 atom stereocenters. The molecular formula is C10H9FN2O3. The number of aromatic nitrogens is 2. The number of aromatic amines is 1. The van der Waals surface area contributed by atoms with Gasteiger partial charge < -0.3 is 9.84 Å². The monoisotopic (exact) mass is 224 g/mol. The number of ether oxygens (including phenoxy) is 1. The Hall–Kier alpha value is -2.11. The number of nitrogens with one attached hydrogen (secondary N) is 1. The van der Waals surface area contributed by atoms with Crippen LogP contribution in [0.2, 0.25) is 0 Å². The molecule has 0 radical (unpaired) electrons. The van der Waals surface area contributed by atoms with Crippen molar-refractivity contribution < 1.29 is 13.9 Å². The molecule has 0 spiro atoms. The van der Waals surface area contributed by atoms with E-state index >= 15 is 0 Å². The summed E-state index contributed by atoms with van der Waals surface area (Å²) in [5.74, 6) is -1.26. The summed E-state index contributed by atoms with van der Waals surface area (Å²) in [4.78, 5) is 23.1. The van der Waals surface area contributed by atoms with Gasteiger partial charge in [-0.2, -0.15) is 0 Å². The second kappa shape index (κ2) is 3.80. The third-order valence-corrected chi connectivity index (χ3v) is 2.11. The van der Waals surface area contributed by atoms with Gasteiger partial charge in [0.2, 0.25) is 5.43 Å². The maximum absolute atomic E-state index is 12.9. The van der Waals surface area contributed by atoms with E-state index in [1.165, 1.54) is 10.7 Å². The predicted octanol–water partition coefficient (Wildman–Crippen LogP) is 0.943. The van der Waals surface area contributed by atoms with Crippen LogP contribution in [0.1, 0.15) is 17.3 Å². The molecule has 6 heteroatoms. The summed E-state index contributed by atoms with van der Waals surface area (Å²) >= 11 is 0. The van der Waals surface area contributed by atoms with Crippen LogP contribution in [0.4, 0.5) is 4.39 Å². The molecule has 2 aromatic rings. The summed E-state index contributed by atoms with van der Waals surface area (Å²) in [5, 5.41) is 2.60. The zero-order valence-electron chi connectivity index (χ0n) is 8.49. The minimum atomic E-state index is -0.715. The van der Waals surface area contributed by atoms with Gasteiger partial charge in [0.25, 0.3) is 0 Å². The largest absolute Gasteiger partial charge is 0.462 e. The fourth-order valence-electron chi connectivity index (χ4n) is 1.41. The second-order valence-corrected chi connectivity index (χ2v) is 3.15. The number of hydrogen-bond donors (Lipinski definition) is 1. The van der Waals surface area contributed by atoms with E-state index in [1.54, 1.807) is 6.92 Å². The summed E-state index contributed by atoms with van der Waals surface area (Å²) in [6.45, 7) is 1.82. The van der Waals surface area contributed by atoms with E-state index in [9.17, 15) is 14.0 Å². The quantitative estimate of drug-likeness (QED) is 0.772. The highest BCUT2D eigenvalue weighted by molar-refractivity contribution is 5.90. The number of H-pyrrole nitrogens is 1. The first kappa shape index (κ1) is 10.4. The number of rotatable bonds is 2. The Kier molecular flexibility index (Phi) is 2.47. The lowest BCUT2D eigenvalue weighted by Gasteiger charge is -2.01. The smallest absolute Gasteiger partial charge is 0.343 e. The summed E-state index contributed by atoms with van der Waals surface area (Å²) in [6, 6.07) is 1.06. The standard InChI is InChI=1S/C10H9FN2O3/c1-2-16-10(15)7-4-12-13-5-6(11)3-8(13)9(7)14/h3-5,12H,2H2,1H3. The maximum Gasteiger partial charge on any atom is 0.343 e. The van der Waals surface area contributed by atoms with Crippen molar-refractivity contribution in [2.75, 3.05) is 6.61 Å². The first-order valence-electron chi connectivity index (χ1n) is 4.70. The number of carbonyl (C=O) groups excluding carboxylic acids is 1. The van der Waals surface area contributed by atoms with Crippen molar-refractivity contribution in [3.8, 4) is 0 Å². The zero-order chi connectivity index (χ0) is 11.7. The van der Waals surface area contributed by atoms with Crippen LogP contribution in [-0.2, 0) is 4.74 Å². The lowest BCUT2D eigenvalue weighted by atomic mass is 10.3. The Balaban J connectivity index is 2.60. The SMILES string of the molecule is CCOC(=O)c1c[nH]n2cc(F)cc2c1=O.